The number of ether oxygens (including phenoxy) is 1. The molecule has 2 nitrogen and oxygen atoms in total. The van der Waals surface area contributed by atoms with Gasteiger partial charge in [-0.05, 0) is 29.7 Å². The minimum atomic E-state index is -0.242. The SMILES string of the molecule is COc1ccc(F)c(NCC2Cc3ccccc32)c1. The van der Waals surface area contributed by atoms with Gasteiger partial charge in [0.1, 0.15) is 11.6 Å². The molecule has 3 rings (SSSR count). The molecule has 0 bridgehead atoms. The molecule has 1 aliphatic carbocycles. The van der Waals surface area contributed by atoms with Gasteiger partial charge in [0.05, 0.1) is 12.8 Å². The molecule has 0 saturated carbocycles. The van der Waals surface area contributed by atoms with E-state index in [1.165, 1.54) is 17.2 Å². The van der Waals surface area contributed by atoms with Crippen LogP contribution >= 0.6 is 0 Å². The van der Waals surface area contributed by atoms with Crippen molar-refractivity contribution in [1.29, 1.82) is 0 Å². The zero-order valence-electron chi connectivity index (χ0n) is 10.8. The molecule has 2 aromatic rings. The molecule has 0 aliphatic heterocycles. The summed E-state index contributed by atoms with van der Waals surface area (Å²) in [5, 5.41) is 3.18. The van der Waals surface area contributed by atoms with Gasteiger partial charge in [-0.3, -0.25) is 0 Å². The van der Waals surface area contributed by atoms with Crippen molar-refractivity contribution in [2.75, 3.05) is 19.0 Å². The van der Waals surface area contributed by atoms with Crippen LogP contribution in [0.2, 0.25) is 0 Å². The van der Waals surface area contributed by atoms with Crippen LogP contribution in [0.5, 0.6) is 5.75 Å². The second-order valence-electron chi connectivity index (χ2n) is 4.83. The minimum absolute atomic E-state index is 0.242. The van der Waals surface area contributed by atoms with E-state index in [4.69, 9.17) is 4.74 Å². The molecule has 19 heavy (non-hydrogen) atoms. The molecule has 1 aliphatic rings. The summed E-state index contributed by atoms with van der Waals surface area (Å²) < 4.78 is 18.8. The van der Waals surface area contributed by atoms with Gasteiger partial charge in [0, 0.05) is 18.5 Å². The Morgan fingerprint density at radius 1 is 1.26 bits per heavy atom. The van der Waals surface area contributed by atoms with Crippen molar-refractivity contribution in [1.82, 2.24) is 0 Å². The Bertz CT molecular complexity index is 597. The summed E-state index contributed by atoms with van der Waals surface area (Å²) in [6, 6.07) is 13.2. The van der Waals surface area contributed by atoms with Crippen LogP contribution in [-0.2, 0) is 6.42 Å². The first kappa shape index (κ1) is 12.0. The van der Waals surface area contributed by atoms with Crippen LogP contribution in [0.3, 0.4) is 0 Å². The minimum Gasteiger partial charge on any atom is -0.497 e. The number of hydrogen-bond acceptors (Lipinski definition) is 2. The Labute approximate surface area is 112 Å². The van der Waals surface area contributed by atoms with E-state index in [0.717, 1.165) is 13.0 Å². The Balaban J connectivity index is 1.68. The van der Waals surface area contributed by atoms with E-state index in [0.29, 0.717) is 17.4 Å². The fraction of sp³-hybridized carbons (Fsp3) is 0.250. The normalized spacial score (nSPS) is 16.4. The van der Waals surface area contributed by atoms with E-state index in [2.05, 4.69) is 29.6 Å². The first-order chi connectivity index (χ1) is 9.28. The molecule has 3 heteroatoms. The predicted molar refractivity (Wildman–Crippen MR) is 74.3 cm³/mol. The molecule has 1 atom stereocenters. The van der Waals surface area contributed by atoms with E-state index in [9.17, 15) is 4.39 Å². The maximum Gasteiger partial charge on any atom is 0.146 e. The van der Waals surface area contributed by atoms with Gasteiger partial charge < -0.3 is 10.1 Å². The zero-order chi connectivity index (χ0) is 13.2. The van der Waals surface area contributed by atoms with Gasteiger partial charge in [-0.2, -0.15) is 0 Å². The third-order valence-corrected chi connectivity index (χ3v) is 3.67. The molecule has 0 fully saturated rings. The van der Waals surface area contributed by atoms with Crippen molar-refractivity contribution < 1.29 is 9.13 Å². The molecule has 0 saturated heterocycles. The number of hydrogen-bond donors (Lipinski definition) is 1. The second-order valence-corrected chi connectivity index (χ2v) is 4.83. The van der Waals surface area contributed by atoms with Crippen molar-refractivity contribution in [3.63, 3.8) is 0 Å². The standard InChI is InChI=1S/C16H16FNO/c1-19-13-6-7-15(17)16(9-13)18-10-12-8-11-4-2-3-5-14(11)12/h2-7,9,12,18H,8,10H2,1H3. The lowest BCUT2D eigenvalue weighted by molar-refractivity contribution is 0.414. The first-order valence-electron chi connectivity index (χ1n) is 6.43. The van der Waals surface area contributed by atoms with E-state index < -0.39 is 0 Å². The highest BCUT2D eigenvalue weighted by atomic mass is 19.1. The molecular weight excluding hydrogens is 241 g/mol. The molecule has 1 N–H and O–H groups in total. The Morgan fingerprint density at radius 3 is 2.89 bits per heavy atom. The van der Waals surface area contributed by atoms with Crippen LogP contribution in [0.4, 0.5) is 10.1 Å². The van der Waals surface area contributed by atoms with Gasteiger partial charge in [0.15, 0.2) is 0 Å². The zero-order valence-corrected chi connectivity index (χ0v) is 10.8. The first-order valence-corrected chi connectivity index (χ1v) is 6.43. The number of halogens is 1. The quantitative estimate of drug-likeness (QED) is 0.903. The lowest BCUT2D eigenvalue weighted by Crippen LogP contribution is -2.24. The highest BCUT2D eigenvalue weighted by Gasteiger charge is 2.25. The van der Waals surface area contributed by atoms with E-state index in [1.807, 2.05) is 0 Å². The molecule has 98 valence electrons. The molecule has 0 radical (unpaired) electrons. The van der Waals surface area contributed by atoms with Gasteiger partial charge >= 0.3 is 0 Å². The lowest BCUT2D eigenvalue weighted by Gasteiger charge is -2.30. The Kier molecular flexibility index (Phi) is 3.11. The molecule has 0 aromatic heterocycles. The number of rotatable bonds is 4. The number of fused-ring (bicyclic) bond motifs is 1. The third kappa shape index (κ3) is 2.28. The summed E-state index contributed by atoms with van der Waals surface area (Å²) >= 11 is 0. The highest BCUT2D eigenvalue weighted by molar-refractivity contribution is 5.51. The fourth-order valence-electron chi connectivity index (χ4n) is 2.54. The average Bonchev–Trinajstić information content (AvgIpc) is 2.42. The Morgan fingerprint density at radius 2 is 2.11 bits per heavy atom. The Hall–Kier alpha value is -2.03. The average molecular weight is 257 g/mol. The van der Waals surface area contributed by atoms with Crippen LogP contribution in [0.25, 0.3) is 0 Å². The van der Waals surface area contributed by atoms with Gasteiger partial charge in [-0.15, -0.1) is 0 Å². The predicted octanol–water partition coefficient (Wildman–Crippen LogP) is 3.59. The second kappa shape index (κ2) is 4.92. The smallest absolute Gasteiger partial charge is 0.146 e. The maximum absolute atomic E-state index is 13.7. The van der Waals surface area contributed by atoms with Crippen molar-refractivity contribution in [2.24, 2.45) is 0 Å². The van der Waals surface area contributed by atoms with Crippen molar-refractivity contribution in [3.8, 4) is 5.75 Å². The number of nitrogens with one attached hydrogen (secondary N) is 1. The van der Waals surface area contributed by atoms with Crippen LogP contribution < -0.4 is 10.1 Å². The number of benzene rings is 2. The van der Waals surface area contributed by atoms with Gasteiger partial charge in [0.25, 0.3) is 0 Å². The largest absolute Gasteiger partial charge is 0.497 e. The summed E-state index contributed by atoms with van der Waals surface area (Å²) in [4.78, 5) is 0. The summed E-state index contributed by atoms with van der Waals surface area (Å²) in [5.41, 5.74) is 3.28. The van der Waals surface area contributed by atoms with Crippen LogP contribution in [0.15, 0.2) is 42.5 Å². The van der Waals surface area contributed by atoms with E-state index >= 15 is 0 Å². The van der Waals surface area contributed by atoms with Crippen molar-refractivity contribution in [3.05, 3.63) is 59.4 Å². The van der Waals surface area contributed by atoms with Crippen LogP contribution in [-0.4, -0.2) is 13.7 Å². The summed E-state index contributed by atoms with van der Waals surface area (Å²) in [5.74, 6) is 0.896. The lowest BCUT2D eigenvalue weighted by atomic mass is 9.77. The monoisotopic (exact) mass is 257 g/mol. The fourth-order valence-corrected chi connectivity index (χ4v) is 2.54. The van der Waals surface area contributed by atoms with Crippen molar-refractivity contribution >= 4 is 5.69 Å². The topological polar surface area (TPSA) is 21.3 Å². The van der Waals surface area contributed by atoms with Gasteiger partial charge in [-0.25, -0.2) is 4.39 Å². The van der Waals surface area contributed by atoms with Crippen molar-refractivity contribution in [2.45, 2.75) is 12.3 Å². The maximum atomic E-state index is 13.7. The molecule has 0 spiro atoms. The molecular formula is C16H16FNO. The molecule has 1 unspecified atom stereocenters. The molecule has 0 amide bonds. The third-order valence-electron chi connectivity index (χ3n) is 3.67. The van der Waals surface area contributed by atoms with Crippen LogP contribution in [0.1, 0.15) is 17.0 Å². The van der Waals surface area contributed by atoms with E-state index in [1.54, 1.807) is 19.2 Å². The van der Waals surface area contributed by atoms with E-state index in [-0.39, 0.29) is 5.82 Å². The number of anilines is 1. The van der Waals surface area contributed by atoms with Gasteiger partial charge in [0.2, 0.25) is 0 Å². The molecule has 2 aromatic carbocycles. The summed E-state index contributed by atoms with van der Waals surface area (Å²) in [6.07, 6.45) is 1.06. The van der Waals surface area contributed by atoms with Crippen LogP contribution in [0, 0.1) is 5.82 Å². The summed E-state index contributed by atoms with van der Waals surface area (Å²) in [6.45, 7) is 0.751. The van der Waals surface area contributed by atoms with Gasteiger partial charge in [-0.1, -0.05) is 24.3 Å². The summed E-state index contributed by atoms with van der Waals surface area (Å²) in [7, 11) is 1.58. The number of methoxy groups -OCH3 is 1. The molecule has 0 heterocycles. The highest BCUT2D eigenvalue weighted by Crippen LogP contribution is 2.35.